The first kappa shape index (κ1) is 21.9. The minimum Gasteiger partial charge on any atom is -0.496 e. The van der Waals surface area contributed by atoms with Gasteiger partial charge in [0.1, 0.15) is 5.75 Å². The zero-order valence-corrected chi connectivity index (χ0v) is 17.9. The Morgan fingerprint density at radius 1 is 0.808 bits per heavy atom. The topological polar surface area (TPSA) is 64.1 Å². The highest BCUT2D eigenvalue weighted by Gasteiger charge is 2.10. The van der Waals surface area contributed by atoms with Gasteiger partial charge in [0, 0.05) is 31.3 Å². The Kier molecular flexibility index (Phi) is 9.64. The van der Waals surface area contributed by atoms with Gasteiger partial charge in [0.25, 0.3) is 0 Å². The highest BCUT2D eigenvalue weighted by Crippen LogP contribution is 2.30. The summed E-state index contributed by atoms with van der Waals surface area (Å²) in [5.74, 6) is 2.96. The molecule has 0 aliphatic carbocycles. The van der Waals surface area contributed by atoms with E-state index in [1.165, 1.54) is 0 Å². The molecule has 2 aromatic carbocycles. The minimum absolute atomic E-state index is 0. The predicted molar refractivity (Wildman–Crippen MR) is 115 cm³/mol. The standard InChI is InChI=1S/C19H25N3O3.HI/c1-20-19(21-12-14-8-5-6-10-16(14)23-2)22-13-15-9-7-11-17(24-3)18(15)25-4;/h5-11H,12-13H2,1-4H3,(H2,20,21,22);1H. The van der Waals surface area contributed by atoms with Gasteiger partial charge in [0.2, 0.25) is 0 Å². The monoisotopic (exact) mass is 471 g/mol. The number of para-hydroxylation sites is 2. The molecule has 0 bridgehead atoms. The van der Waals surface area contributed by atoms with Crippen LogP contribution in [0.1, 0.15) is 11.1 Å². The number of halogens is 1. The average Bonchev–Trinajstić information content (AvgIpc) is 2.67. The summed E-state index contributed by atoms with van der Waals surface area (Å²) in [5, 5.41) is 6.57. The molecule has 0 heterocycles. The zero-order valence-electron chi connectivity index (χ0n) is 15.5. The largest absolute Gasteiger partial charge is 0.496 e. The fourth-order valence-corrected chi connectivity index (χ4v) is 2.52. The molecular formula is C19H26IN3O3. The number of hydrogen-bond donors (Lipinski definition) is 2. The molecule has 0 saturated heterocycles. The molecular weight excluding hydrogens is 445 g/mol. The van der Waals surface area contributed by atoms with Crippen molar-refractivity contribution in [2.45, 2.75) is 13.1 Å². The second-order valence-electron chi connectivity index (χ2n) is 5.24. The highest BCUT2D eigenvalue weighted by atomic mass is 127. The van der Waals surface area contributed by atoms with Gasteiger partial charge in [-0.1, -0.05) is 30.3 Å². The van der Waals surface area contributed by atoms with Gasteiger partial charge >= 0.3 is 0 Å². The number of benzene rings is 2. The normalized spacial score (nSPS) is 10.5. The van der Waals surface area contributed by atoms with E-state index < -0.39 is 0 Å². The third kappa shape index (κ3) is 5.69. The van der Waals surface area contributed by atoms with Crippen LogP contribution >= 0.6 is 24.0 Å². The van der Waals surface area contributed by atoms with Crippen LogP contribution in [0.2, 0.25) is 0 Å². The second-order valence-corrected chi connectivity index (χ2v) is 5.24. The molecule has 7 heteroatoms. The second kappa shape index (κ2) is 11.5. The molecule has 2 aromatic rings. The Labute approximate surface area is 172 Å². The van der Waals surface area contributed by atoms with Crippen molar-refractivity contribution in [1.82, 2.24) is 10.6 Å². The van der Waals surface area contributed by atoms with E-state index in [1.807, 2.05) is 42.5 Å². The maximum Gasteiger partial charge on any atom is 0.191 e. The fraction of sp³-hybridized carbons (Fsp3) is 0.316. The SMILES string of the molecule is CN=C(NCc1ccccc1OC)NCc1cccc(OC)c1OC.I. The summed E-state index contributed by atoms with van der Waals surface area (Å²) < 4.78 is 16.1. The van der Waals surface area contributed by atoms with E-state index >= 15 is 0 Å². The highest BCUT2D eigenvalue weighted by molar-refractivity contribution is 14.0. The van der Waals surface area contributed by atoms with Crippen LogP contribution in [0.5, 0.6) is 17.2 Å². The summed E-state index contributed by atoms with van der Waals surface area (Å²) in [4.78, 5) is 4.25. The summed E-state index contributed by atoms with van der Waals surface area (Å²) in [6.07, 6.45) is 0. The molecule has 0 fully saturated rings. The number of methoxy groups -OCH3 is 3. The summed E-state index contributed by atoms with van der Waals surface area (Å²) >= 11 is 0. The van der Waals surface area contributed by atoms with Crippen LogP contribution in [-0.2, 0) is 13.1 Å². The van der Waals surface area contributed by atoms with Gasteiger partial charge in [-0.25, -0.2) is 0 Å². The van der Waals surface area contributed by atoms with E-state index in [2.05, 4.69) is 15.6 Å². The fourth-order valence-electron chi connectivity index (χ4n) is 2.52. The number of rotatable bonds is 7. The molecule has 0 aliphatic heterocycles. The third-order valence-corrected chi connectivity index (χ3v) is 3.79. The maximum absolute atomic E-state index is 5.45. The summed E-state index contributed by atoms with van der Waals surface area (Å²) in [5.41, 5.74) is 2.05. The van der Waals surface area contributed by atoms with E-state index in [1.54, 1.807) is 28.4 Å². The summed E-state index contributed by atoms with van der Waals surface area (Å²) in [6, 6.07) is 13.7. The molecule has 0 amide bonds. The molecule has 0 atom stereocenters. The van der Waals surface area contributed by atoms with E-state index in [0.29, 0.717) is 24.8 Å². The van der Waals surface area contributed by atoms with Crippen molar-refractivity contribution < 1.29 is 14.2 Å². The first-order valence-corrected chi connectivity index (χ1v) is 7.99. The van der Waals surface area contributed by atoms with Crippen LogP contribution in [0.4, 0.5) is 0 Å². The lowest BCUT2D eigenvalue weighted by atomic mass is 10.2. The van der Waals surface area contributed by atoms with Crippen LogP contribution in [0, 0.1) is 0 Å². The Bertz CT molecular complexity index is 723. The molecule has 0 aromatic heterocycles. The smallest absolute Gasteiger partial charge is 0.191 e. The van der Waals surface area contributed by atoms with Gasteiger partial charge in [0.15, 0.2) is 17.5 Å². The van der Waals surface area contributed by atoms with Gasteiger partial charge in [0.05, 0.1) is 21.3 Å². The van der Waals surface area contributed by atoms with E-state index in [9.17, 15) is 0 Å². The number of nitrogens with zero attached hydrogens (tertiary/aromatic N) is 1. The molecule has 0 spiro atoms. The van der Waals surface area contributed by atoms with Crippen molar-refractivity contribution in [1.29, 1.82) is 0 Å². The number of ether oxygens (including phenoxy) is 3. The van der Waals surface area contributed by atoms with Crippen LogP contribution in [0.25, 0.3) is 0 Å². The van der Waals surface area contributed by atoms with E-state index in [4.69, 9.17) is 14.2 Å². The Balaban J connectivity index is 0.00000338. The molecule has 0 unspecified atom stereocenters. The van der Waals surface area contributed by atoms with Crippen LogP contribution < -0.4 is 24.8 Å². The lowest BCUT2D eigenvalue weighted by Gasteiger charge is -2.16. The molecule has 142 valence electrons. The number of hydrogen-bond acceptors (Lipinski definition) is 4. The van der Waals surface area contributed by atoms with Crippen LogP contribution in [-0.4, -0.2) is 34.3 Å². The lowest BCUT2D eigenvalue weighted by Crippen LogP contribution is -2.36. The average molecular weight is 471 g/mol. The zero-order chi connectivity index (χ0) is 18.1. The van der Waals surface area contributed by atoms with Crippen molar-refractivity contribution in [3.63, 3.8) is 0 Å². The van der Waals surface area contributed by atoms with Crippen LogP contribution in [0.15, 0.2) is 47.5 Å². The number of aliphatic imine (C=N–C) groups is 1. The maximum atomic E-state index is 5.45. The third-order valence-electron chi connectivity index (χ3n) is 3.79. The van der Waals surface area contributed by atoms with Gasteiger partial charge in [-0.05, 0) is 12.1 Å². The lowest BCUT2D eigenvalue weighted by molar-refractivity contribution is 0.351. The van der Waals surface area contributed by atoms with Crippen molar-refractivity contribution in [3.05, 3.63) is 53.6 Å². The first-order valence-electron chi connectivity index (χ1n) is 7.99. The van der Waals surface area contributed by atoms with Crippen molar-refractivity contribution in [3.8, 4) is 17.2 Å². The van der Waals surface area contributed by atoms with Gasteiger partial charge < -0.3 is 24.8 Å². The van der Waals surface area contributed by atoms with Gasteiger partial charge in [-0.3, -0.25) is 4.99 Å². The first-order chi connectivity index (χ1) is 12.2. The van der Waals surface area contributed by atoms with Gasteiger partial charge in [-0.15, -0.1) is 24.0 Å². The molecule has 0 saturated carbocycles. The molecule has 2 rings (SSSR count). The summed E-state index contributed by atoms with van der Waals surface area (Å²) in [7, 11) is 6.67. The molecule has 2 N–H and O–H groups in total. The van der Waals surface area contributed by atoms with E-state index in [0.717, 1.165) is 22.6 Å². The number of guanidine groups is 1. The van der Waals surface area contributed by atoms with Crippen molar-refractivity contribution in [2.75, 3.05) is 28.4 Å². The molecule has 26 heavy (non-hydrogen) atoms. The predicted octanol–water partition coefficient (Wildman–Crippen LogP) is 3.20. The Hall–Kier alpha value is -2.16. The molecule has 0 aliphatic rings. The van der Waals surface area contributed by atoms with Crippen LogP contribution in [0.3, 0.4) is 0 Å². The molecule has 6 nitrogen and oxygen atoms in total. The Morgan fingerprint density at radius 3 is 2.00 bits per heavy atom. The number of nitrogens with one attached hydrogen (secondary N) is 2. The quantitative estimate of drug-likeness (QED) is 0.369. The van der Waals surface area contributed by atoms with Crippen molar-refractivity contribution >= 4 is 29.9 Å². The van der Waals surface area contributed by atoms with Gasteiger partial charge in [-0.2, -0.15) is 0 Å². The van der Waals surface area contributed by atoms with E-state index in [-0.39, 0.29) is 24.0 Å². The molecule has 0 radical (unpaired) electrons. The summed E-state index contributed by atoms with van der Waals surface area (Å²) in [6.45, 7) is 1.17. The Morgan fingerprint density at radius 2 is 1.38 bits per heavy atom. The van der Waals surface area contributed by atoms with Crippen molar-refractivity contribution in [2.24, 2.45) is 4.99 Å². The minimum atomic E-state index is 0.